The molecule has 4 atom stereocenters. The second kappa shape index (κ2) is 9.99. The average Bonchev–Trinajstić information content (AvgIpc) is 3.72. The highest BCUT2D eigenvalue weighted by Crippen LogP contribution is 2.44. The van der Waals surface area contributed by atoms with Crippen LogP contribution in [-0.4, -0.2) is 76.6 Å². The van der Waals surface area contributed by atoms with Crippen molar-refractivity contribution in [1.29, 1.82) is 0 Å². The average molecular weight is 594 g/mol. The largest absolute Gasteiger partial charge is 0.508 e. The number of aryl methyl sites for hydroxylation is 1. The third kappa shape index (κ3) is 4.34. The second-order valence-electron chi connectivity index (χ2n) is 12.6. The number of aromatic nitrogens is 2. The molecule has 4 aromatic rings. The van der Waals surface area contributed by atoms with Gasteiger partial charge in [-0.2, -0.15) is 9.97 Å². The monoisotopic (exact) mass is 593 g/mol. The third-order valence-electron chi connectivity index (χ3n) is 9.94. The Kier molecular flexibility index (Phi) is 6.27. The summed E-state index contributed by atoms with van der Waals surface area (Å²) in [5, 5.41) is 15.2. The van der Waals surface area contributed by atoms with E-state index in [0.29, 0.717) is 54.6 Å². The Morgan fingerprint density at radius 3 is 2.74 bits per heavy atom. The normalized spacial score (nSPS) is 27.1. The Morgan fingerprint density at radius 2 is 1.95 bits per heavy atom. The number of fused-ring (bicyclic) bond motifs is 5. The van der Waals surface area contributed by atoms with Crippen LogP contribution in [0, 0.1) is 11.6 Å². The maximum atomic E-state index is 16.5. The molecule has 4 aliphatic rings. The van der Waals surface area contributed by atoms with E-state index < -0.39 is 23.3 Å². The Bertz CT molecular complexity index is 1740. The summed E-state index contributed by atoms with van der Waals surface area (Å²) < 4.78 is 58.3. The lowest BCUT2D eigenvalue weighted by molar-refractivity contribution is 0.107. The van der Waals surface area contributed by atoms with Gasteiger partial charge in [0, 0.05) is 43.7 Å². The Balaban J connectivity index is 1.27. The topological polar surface area (TPSA) is 86.9 Å². The highest BCUT2D eigenvalue weighted by molar-refractivity contribution is 6.01. The molecule has 2 bridgehead atoms. The fourth-order valence-corrected chi connectivity index (χ4v) is 8.01. The smallest absolute Gasteiger partial charge is 0.319 e. The first kappa shape index (κ1) is 27.0. The number of halogens is 3. The van der Waals surface area contributed by atoms with Gasteiger partial charge in [-0.3, -0.25) is 4.90 Å². The Labute approximate surface area is 246 Å². The minimum Gasteiger partial charge on any atom is -0.508 e. The maximum Gasteiger partial charge on any atom is 0.319 e. The van der Waals surface area contributed by atoms with Crippen LogP contribution in [0.4, 0.5) is 19.0 Å². The zero-order valence-corrected chi connectivity index (χ0v) is 24.0. The van der Waals surface area contributed by atoms with E-state index in [2.05, 4.69) is 20.1 Å². The minimum absolute atomic E-state index is 0.0178. The van der Waals surface area contributed by atoms with E-state index in [0.717, 1.165) is 32.2 Å². The molecule has 0 saturated carbocycles. The van der Waals surface area contributed by atoms with Crippen LogP contribution in [-0.2, 0) is 6.42 Å². The van der Waals surface area contributed by atoms with Crippen molar-refractivity contribution in [3.8, 4) is 23.1 Å². The van der Waals surface area contributed by atoms with Gasteiger partial charge in [0.05, 0.1) is 5.54 Å². The van der Waals surface area contributed by atoms with Gasteiger partial charge >= 0.3 is 6.01 Å². The number of rotatable bonds is 6. The Hall–Kier alpha value is -3.57. The molecule has 8 rings (SSSR count). The van der Waals surface area contributed by atoms with Gasteiger partial charge in [-0.15, -0.1) is 0 Å². The number of nitrogens with one attached hydrogen (secondary N) is 1. The van der Waals surface area contributed by atoms with E-state index >= 15 is 4.39 Å². The number of hydrogen-bond acceptors (Lipinski definition) is 8. The van der Waals surface area contributed by atoms with Crippen molar-refractivity contribution in [2.24, 2.45) is 0 Å². The summed E-state index contributed by atoms with van der Waals surface area (Å²) in [4.78, 5) is 13.5. The number of aromatic hydroxyl groups is 1. The van der Waals surface area contributed by atoms with Crippen LogP contribution >= 0.6 is 0 Å². The molecule has 0 amide bonds. The maximum absolute atomic E-state index is 16.5. The summed E-state index contributed by atoms with van der Waals surface area (Å²) in [6, 6.07) is 6.43. The van der Waals surface area contributed by atoms with E-state index in [1.165, 1.54) is 18.2 Å². The van der Waals surface area contributed by atoms with Crippen molar-refractivity contribution in [1.82, 2.24) is 20.2 Å². The van der Waals surface area contributed by atoms with E-state index in [-0.39, 0.29) is 52.9 Å². The Morgan fingerprint density at radius 1 is 1.14 bits per heavy atom. The van der Waals surface area contributed by atoms with Gasteiger partial charge in [0.15, 0.2) is 28.5 Å². The number of alkyl halides is 1. The van der Waals surface area contributed by atoms with Crippen molar-refractivity contribution in [3.63, 3.8) is 0 Å². The van der Waals surface area contributed by atoms with E-state index in [1.54, 1.807) is 6.07 Å². The summed E-state index contributed by atoms with van der Waals surface area (Å²) in [6.07, 6.45) is 3.75. The third-order valence-corrected chi connectivity index (χ3v) is 9.94. The number of phenols is 1. The molecular formula is C32H34F3N5O3. The van der Waals surface area contributed by atoms with Crippen LogP contribution in [0.2, 0.25) is 0 Å². The molecule has 4 fully saturated rings. The SMILES string of the molecule is CCc1c(F)ccc2cc(O)cc(-c3oc4c(N5CC6CCC(C5)N6)nc(OC[C@@]56CCCN5C[C@H](F)C6)nc4c3F)c12. The van der Waals surface area contributed by atoms with Crippen LogP contribution in [0.15, 0.2) is 28.7 Å². The number of nitrogens with zero attached hydrogens (tertiary/aromatic N) is 4. The molecule has 4 saturated heterocycles. The second-order valence-corrected chi connectivity index (χ2v) is 12.6. The number of furan rings is 1. The molecule has 2 aromatic carbocycles. The lowest BCUT2D eigenvalue weighted by Crippen LogP contribution is -2.51. The van der Waals surface area contributed by atoms with Crippen LogP contribution in [0.3, 0.4) is 0 Å². The molecule has 2 aromatic heterocycles. The summed E-state index contributed by atoms with van der Waals surface area (Å²) in [7, 11) is 0. The molecule has 6 heterocycles. The molecule has 2 N–H and O–H groups in total. The number of ether oxygens (including phenoxy) is 1. The van der Waals surface area contributed by atoms with Gasteiger partial charge in [-0.25, -0.2) is 13.2 Å². The predicted molar refractivity (Wildman–Crippen MR) is 156 cm³/mol. The molecule has 0 aliphatic carbocycles. The first-order chi connectivity index (χ1) is 20.8. The van der Waals surface area contributed by atoms with Crippen molar-refractivity contribution < 1.29 is 27.4 Å². The first-order valence-corrected chi connectivity index (χ1v) is 15.3. The number of phenolic OH excluding ortho intramolecular Hbond substituents is 1. The van der Waals surface area contributed by atoms with Crippen LogP contribution in [0.5, 0.6) is 11.8 Å². The molecular weight excluding hydrogens is 559 g/mol. The van der Waals surface area contributed by atoms with E-state index in [4.69, 9.17) is 14.1 Å². The number of piperazine rings is 1. The number of hydrogen-bond donors (Lipinski definition) is 2. The van der Waals surface area contributed by atoms with E-state index in [1.807, 2.05) is 6.92 Å². The van der Waals surface area contributed by atoms with Crippen molar-refractivity contribution in [2.45, 2.75) is 69.2 Å². The zero-order valence-electron chi connectivity index (χ0n) is 24.0. The summed E-state index contributed by atoms with van der Waals surface area (Å²) in [6.45, 7) is 4.61. The number of anilines is 1. The molecule has 43 heavy (non-hydrogen) atoms. The van der Waals surface area contributed by atoms with Crippen molar-refractivity contribution in [2.75, 3.05) is 37.7 Å². The van der Waals surface area contributed by atoms with Crippen LogP contribution < -0.4 is 15.0 Å². The van der Waals surface area contributed by atoms with Gasteiger partial charge in [0.1, 0.15) is 24.3 Å². The quantitative estimate of drug-likeness (QED) is 0.304. The standard InChI is InChI=1S/C32H34F3N5O3/c1-2-22-24(34)7-4-17-10-21(41)11-23(25(17)22)28-26(35)27-29(43-28)30(39-14-19-5-6-20(15-39)36-19)38-31(37-27)42-16-32-8-3-9-40(32)13-18(33)12-32/h4,7,10-11,18-20,36,41H,2-3,5-6,8-9,12-16H2,1H3/t18-,19?,20?,32+/m1/s1. The summed E-state index contributed by atoms with van der Waals surface area (Å²) in [5.74, 6) is -0.934. The lowest BCUT2D eigenvalue weighted by atomic mass is 9.95. The highest BCUT2D eigenvalue weighted by Gasteiger charge is 2.49. The van der Waals surface area contributed by atoms with Crippen LogP contribution in [0.1, 0.15) is 44.6 Å². The number of benzene rings is 2. The lowest BCUT2D eigenvalue weighted by Gasteiger charge is -2.34. The fraction of sp³-hybridized carbons (Fsp3) is 0.500. The van der Waals surface area contributed by atoms with Gasteiger partial charge in [-0.1, -0.05) is 13.0 Å². The molecule has 226 valence electrons. The van der Waals surface area contributed by atoms with E-state index in [9.17, 15) is 13.9 Å². The molecule has 11 heteroatoms. The first-order valence-electron chi connectivity index (χ1n) is 15.3. The van der Waals surface area contributed by atoms with Crippen molar-refractivity contribution in [3.05, 3.63) is 41.5 Å². The van der Waals surface area contributed by atoms with Crippen LogP contribution in [0.25, 0.3) is 33.2 Å². The highest BCUT2D eigenvalue weighted by atomic mass is 19.1. The van der Waals surface area contributed by atoms with Gasteiger partial charge < -0.3 is 24.5 Å². The summed E-state index contributed by atoms with van der Waals surface area (Å²) in [5.41, 5.74) is 0.383. The fourth-order valence-electron chi connectivity index (χ4n) is 8.01. The van der Waals surface area contributed by atoms with Gasteiger partial charge in [0.2, 0.25) is 0 Å². The van der Waals surface area contributed by atoms with Crippen molar-refractivity contribution >= 4 is 27.7 Å². The molecule has 4 aliphatic heterocycles. The van der Waals surface area contributed by atoms with Gasteiger partial charge in [-0.05, 0) is 73.2 Å². The molecule has 2 unspecified atom stereocenters. The summed E-state index contributed by atoms with van der Waals surface area (Å²) >= 11 is 0. The molecule has 0 spiro atoms. The molecule has 8 nitrogen and oxygen atoms in total. The minimum atomic E-state index is -0.900. The predicted octanol–water partition coefficient (Wildman–Crippen LogP) is 5.49. The molecule has 0 radical (unpaired) electrons. The zero-order chi connectivity index (χ0) is 29.5. The van der Waals surface area contributed by atoms with Gasteiger partial charge in [0.25, 0.3) is 0 Å².